The van der Waals surface area contributed by atoms with Gasteiger partial charge in [-0.25, -0.2) is 4.39 Å². The second-order valence-electron chi connectivity index (χ2n) is 4.05. The lowest BCUT2D eigenvalue weighted by atomic mass is 10.0. The Morgan fingerprint density at radius 2 is 2.16 bits per heavy atom. The third-order valence-electron chi connectivity index (χ3n) is 2.73. The molecule has 3 nitrogen and oxygen atoms in total. The van der Waals surface area contributed by atoms with E-state index in [0.29, 0.717) is 16.8 Å². The zero-order valence-electron chi connectivity index (χ0n) is 10.1. The number of benzene rings is 1. The smallest absolute Gasteiger partial charge is 0.167 e. The summed E-state index contributed by atoms with van der Waals surface area (Å²) in [6.07, 6.45) is 1.58. The maximum atomic E-state index is 13.3. The molecule has 0 aliphatic carbocycles. The van der Waals surface area contributed by atoms with Gasteiger partial charge in [0.15, 0.2) is 5.78 Å². The van der Waals surface area contributed by atoms with Gasteiger partial charge in [-0.15, -0.1) is 0 Å². The van der Waals surface area contributed by atoms with Crippen molar-refractivity contribution in [1.82, 2.24) is 4.98 Å². The first-order chi connectivity index (χ1) is 9.11. The predicted molar refractivity (Wildman–Crippen MR) is 71.6 cm³/mol. The third kappa shape index (κ3) is 3.16. The first-order valence-corrected chi connectivity index (χ1v) is 6.10. The number of rotatable bonds is 4. The first kappa shape index (κ1) is 13.6. The molecule has 98 valence electrons. The molecule has 1 heterocycles. The van der Waals surface area contributed by atoms with E-state index in [1.54, 1.807) is 18.2 Å². The van der Waals surface area contributed by atoms with Crippen LogP contribution in [-0.4, -0.2) is 10.8 Å². The van der Waals surface area contributed by atoms with E-state index in [0.717, 1.165) is 0 Å². The van der Waals surface area contributed by atoms with E-state index in [2.05, 4.69) is 4.98 Å². The molecule has 5 heteroatoms. The van der Waals surface area contributed by atoms with Crippen LogP contribution in [-0.2, 0) is 13.0 Å². The summed E-state index contributed by atoms with van der Waals surface area (Å²) in [7, 11) is 0. The van der Waals surface area contributed by atoms with Crippen LogP contribution in [0.4, 0.5) is 4.39 Å². The molecule has 0 aliphatic rings. The van der Waals surface area contributed by atoms with Crippen molar-refractivity contribution in [2.75, 3.05) is 0 Å². The van der Waals surface area contributed by atoms with Crippen molar-refractivity contribution in [3.8, 4) is 0 Å². The van der Waals surface area contributed by atoms with Crippen LogP contribution < -0.4 is 5.73 Å². The van der Waals surface area contributed by atoms with Crippen molar-refractivity contribution in [2.24, 2.45) is 5.73 Å². The Kier molecular flexibility index (Phi) is 4.24. The Morgan fingerprint density at radius 1 is 1.37 bits per heavy atom. The fraction of sp³-hybridized carbons (Fsp3) is 0.143. The van der Waals surface area contributed by atoms with Crippen molar-refractivity contribution in [2.45, 2.75) is 13.0 Å². The summed E-state index contributed by atoms with van der Waals surface area (Å²) in [4.78, 5) is 16.1. The standard InChI is InChI=1S/C14H12ClFN2O/c15-14-10(2-1-3-12(14)16)7-13(19)9-4-5-18-11(6-9)8-17/h1-6H,7-8,17H2. The number of pyridine rings is 1. The van der Waals surface area contributed by atoms with Gasteiger partial charge in [0.2, 0.25) is 0 Å². The van der Waals surface area contributed by atoms with Crippen LogP contribution in [0, 0.1) is 5.82 Å². The minimum absolute atomic E-state index is 0.0102. The van der Waals surface area contributed by atoms with E-state index in [-0.39, 0.29) is 23.8 Å². The molecule has 0 bridgehead atoms. The van der Waals surface area contributed by atoms with E-state index in [1.165, 1.54) is 18.3 Å². The maximum Gasteiger partial charge on any atom is 0.167 e. The van der Waals surface area contributed by atoms with Gasteiger partial charge >= 0.3 is 0 Å². The molecule has 0 aliphatic heterocycles. The Hall–Kier alpha value is -1.78. The molecule has 19 heavy (non-hydrogen) atoms. The minimum Gasteiger partial charge on any atom is -0.325 e. The van der Waals surface area contributed by atoms with Crippen LogP contribution >= 0.6 is 11.6 Å². The van der Waals surface area contributed by atoms with Gasteiger partial charge in [0.1, 0.15) is 5.82 Å². The molecule has 0 spiro atoms. The van der Waals surface area contributed by atoms with Crippen molar-refractivity contribution >= 4 is 17.4 Å². The van der Waals surface area contributed by atoms with Crippen LogP contribution in [0.2, 0.25) is 5.02 Å². The van der Waals surface area contributed by atoms with Crippen molar-refractivity contribution in [3.05, 3.63) is 64.2 Å². The number of ketones is 1. The number of nitrogens with two attached hydrogens (primary N) is 1. The van der Waals surface area contributed by atoms with Crippen molar-refractivity contribution in [1.29, 1.82) is 0 Å². The molecular formula is C14H12ClFN2O. The molecule has 0 radical (unpaired) electrons. The van der Waals surface area contributed by atoms with Gasteiger partial charge in [0.25, 0.3) is 0 Å². The highest BCUT2D eigenvalue weighted by Crippen LogP contribution is 2.21. The van der Waals surface area contributed by atoms with Crippen molar-refractivity contribution < 1.29 is 9.18 Å². The molecule has 2 rings (SSSR count). The Labute approximate surface area is 115 Å². The average Bonchev–Trinajstić information content (AvgIpc) is 2.44. The summed E-state index contributed by atoms with van der Waals surface area (Å²) in [6.45, 7) is 0.266. The van der Waals surface area contributed by atoms with E-state index >= 15 is 0 Å². The molecule has 0 saturated carbocycles. The Balaban J connectivity index is 2.23. The Bertz CT molecular complexity index is 616. The van der Waals surface area contributed by atoms with Gasteiger partial charge in [-0.3, -0.25) is 9.78 Å². The van der Waals surface area contributed by atoms with Gasteiger partial charge in [-0.2, -0.15) is 0 Å². The number of carbonyl (C=O) groups is 1. The molecule has 0 unspecified atom stereocenters. The quantitative estimate of drug-likeness (QED) is 0.875. The lowest BCUT2D eigenvalue weighted by molar-refractivity contribution is 0.0992. The fourth-order valence-electron chi connectivity index (χ4n) is 1.72. The molecule has 0 saturated heterocycles. The van der Waals surface area contributed by atoms with Crippen LogP contribution in [0.3, 0.4) is 0 Å². The molecule has 0 atom stereocenters. The minimum atomic E-state index is -0.524. The molecule has 2 N–H and O–H groups in total. The first-order valence-electron chi connectivity index (χ1n) is 5.73. The van der Waals surface area contributed by atoms with E-state index in [9.17, 15) is 9.18 Å². The second-order valence-corrected chi connectivity index (χ2v) is 4.43. The molecule has 1 aromatic heterocycles. The van der Waals surface area contributed by atoms with Gasteiger partial charge in [-0.05, 0) is 23.8 Å². The second kappa shape index (κ2) is 5.91. The van der Waals surface area contributed by atoms with Gasteiger partial charge in [-0.1, -0.05) is 23.7 Å². The summed E-state index contributed by atoms with van der Waals surface area (Å²) in [6, 6.07) is 7.66. The predicted octanol–water partition coefficient (Wildman–Crippen LogP) is 2.76. The third-order valence-corrected chi connectivity index (χ3v) is 3.15. The number of hydrogen-bond acceptors (Lipinski definition) is 3. The highest BCUT2D eigenvalue weighted by Gasteiger charge is 2.12. The van der Waals surface area contributed by atoms with E-state index < -0.39 is 5.82 Å². The fourth-order valence-corrected chi connectivity index (χ4v) is 1.92. The average molecular weight is 279 g/mol. The number of halogens is 2. The molecule has 2 aromatic rings. The zero-order chi connectivity index (χ0) is 13.8. The number of aromatic nitrogens is 1. The zero-order valence-corrected chi connectivity index (χ0v) is 10.8. The molecule has 0 amide bonds. The summed E-state index contributed by atoms with van der Waals surface area (Å²) in [5, 5.41) is -0.0102. The van der Waals surface area contributed by atoms with Crippen LogP contribution in [0.15, 0.2) is 36.5 Å². The summed E-state index contributed by atoms with van der Waals surface area (Å²) in [5.74, 6) is -0.672. The Morgan fingerprint density at radius 3 is 2.89 bits per heavy atom. The number of hydrogen-bond donors (Lipinski definition) is 1. The SMILES string of the molecule is NCc1cc(C(=O)Cc2cccc(F)c2Cl)ccn1. The molecular weight excluding hydrogens is 267 g/mol. The largest absolute Gasteiger partial charge is 0.325 e. The number of nitrogens with zero attached hydrogens (tertiary/aromatic N) is 1. The summed E-state index contributed by atoms with van der Waals surface area (Å²) < 4.78 is 13.3. The van der Waals surface area contributed by atoms with Crippen molar-refractivity contribution in [3.63, 3.8) is 0 Å². The van der Waals surface area contributed by atoms with Crippen LogP contribution in [0.25, 0.3) is 0 Å². The van der Waals surface area contributed by atoms with Crippen LogP contribution in [0.1, 0.15) is 21.6 Å². The van der Waals surface area contributed by atoms with E-state index in [4.69, 9.17) is 17.3 Å². The van der Waals surface area contributed by atoms with E-state index in [1.807, 2.05) is 0 Å². The number of carbonyl (C=O) groups excluding carboxylic acids is 1. The van der Waals surface area contributed by atoms with Gasteiger partial charge in [0.05, 0.1) is 10.7 Å². The highest BCUT2D eigenvalue weighted by molar-refractivity contribution is 6.31. The van der Waals surface area contributed by atoms with Gasteiger partial charge < -0.3 is 5.73 Å². The normalized spacial score (nSPS) is 10.5. The maximum absolute atomic E-state index is 13.3. The summed E-state index contributed by atoms with van der Waals surface area (Å²) >= 11 is 5.82. The van der Waals surface area contributed by atoms with Gasteiger partial charge in [0, 0.05) is 24.7 Å². The highest BCUT2D eigenvalue weighted by atomic mass is 35.5. The number of Topliss-reactive ketones (excluding diaryl/α,β-unsaturated/α-hetero) is 1. The molecule has 0 fully saturated rings. The summed E-state index contributed by atoms with van der Waals surface area (Å²) in [5.41, 5.74) is 7.07. The lowest BCUT2D eigenvalue weighted by Crippen LogP contribution is -2.07. The lowest BCUT2D eigenvalue weighted by Gasteiger charge is -2.05. The van der Waals surface area contributed by atoms with Crippen LogP contribution in [0.5, 0.6) is 0 Å². The topological polar surface area (TPSA) is 56.0 Å². The monoisotopic (exact) mass is 278 g/mol. The molecule has 1 aromatic carbocycles.